The van der Waals surface area contributed by atoms with Crippen molar-refractivity contribution < 1.29 is 18.7 Å². The highest BCUT2D eigenvalue weighted by Gasteiger charge is 2.18. The molecule has 0 aliphatic carbocycles. The molecule has 3 nitrogen and oxygen atoms in total. The minimum absolute atomic E-state index is 0.0307. The summed E-state index contributed by atoms with van der Waals surface area (Å²) < 4.78 is 23.5. The van der Waals surface area contributed by atoms with Gasteiger partial charge in [-0.15, -0.1) is 0 Å². The molecular formula is C11H13FO3. The van der Waals surface area contributed by atoms with Gasteiger partial charge in [0.2, 0.25) is 0 Å². The molecule has 15 heavy (non-hydrogen) atoms. The maximum Gasteiger partial charge on any atom is 0.197 e. The van der Waals surface area contributed by atoms with Gasteiger partial charge in [-0.05, 0) is 12.1 Å². The molecule has 0 unspecified atom stereocenters. The van der Waals surface area contributed by atoms with Crippen LogP contribution < -0.4 is 9.47 Å². The molecule has 0 amide bonds. The van der Waals surface area contributed by atoms with Gasteiger partial charge < -0.3 is 9.47 Å². The van der Waals surface area contributed by atoms with E-state index in [4.69, 9.17) is 9.47 Å². The summed E-state index contributed by atoms with van der Waals surface area (Å²) in [6.07, 6.45) is 0.256. The summed E-state index contributed by atoms with van der Waals surface area (Å²) in [6, 6.07) is 2.92. The molecule has 0 saturated carbocycles. The first-order chi connectivity index (χ1) is 7.15. The average Bonchev–Trinajstić information content (AvgIpc) is 2.27. The molecule has 1 rings (SSSR count). The van der Waals surface area contributed by atoms with Crippen LogP contribution in [0.3, 0.4) is 0 Å². The number of halogens is 1. The molecule has 1 aromatic rings. The van der Waals surface area contributed by atoms with Crippen LogP contribution >= 0.6 is 0 Å². The highest BCUT2D eigenvalue weighted by Crippen LogP contribution is 2.32. The maximum atomic E-state index is 13.7. The Morgan fingerprint density at radius 3 is 2.47 bits per heavy atom. The topological polar surface area (TPSA) is 35.5 Å². The fraction of sp³-hybridized carbons (Fsp3) is 0.364. The minimum Gasteiger partial charge on any atom is -0.493 e. The predicted molar refractivity (Wildman–Crippen MR) is 54.1 cm³/mol. The molecule has 0 saturated heterocycles. The standard InChI is InChI=1S/C11H13FO3/c1-4-8(13)7-5-6-9(14-2)11(15-3)10(7)12/h5-6H,4H2,1-3H3. The van der Waals surface area contributed by atoms with E-state index in [1.807, 2.05) is 0 Å². The van der Waals surface area contributed by atoms with E-state index in [0.717, 1.165) is 0 Å². The molecule has 0 radical (unpaired) electrons. The average molecular weight is 212 g/mol. The first-order valence-corrected chi connectivity index (χ1v) is 4.59. The van der Waals surface area contributed by atoms with Crippen LogP contribution in [0.4, 0.5) is 4.39 Å². The number of ketones is 1. The highest BCUT2D eigenvalue weighted by atomic mass is 19.1. The van der Waals surface area contributed by atoms with Crippen molar-refractivity contribution in [1.29, 1.82) is 0 Å². The van der Waals surface area contributed by atoms with Crippen LogP contribution in [0, 0.1) is 5.82 Å². The zero-order valence-corrected chi connectivity index (χ0v) is 8.96. The minimum atomic E-state index is -0.663. The summed E-state index contributed by atoms with van der Waals surface area (Å²) in [6.45, 7) is 1.68. The van der Waals surface area contributed by atoms with Gasteiger partial charge in [-0.2, -0.15) is 0 Å². The number of hydrogen-bond donors (Lipinski definition) is 0. The molecule has 0 aromatic heterocycles. The number of rotatable bonds is 4. The summed E-state index contributed by atoms with van der Waals surface area (Å²) in [5.41, 5.74) is 0.0372. The molecule has 0 heterocycles. The fourth-order valence-electron chi connectivity index (χ4n) is 1.30. The number of hydrogen-bond acceptors (Lipinski definition) is 3. The van der Waals surface area contributed by atoms with Gasteiger partial charge in [-0.25, -0.2) is 4.39 Å². The van der Waals surface area contributed by atoms with Gasteiger partial charge in [0, 0.05) is 6.42 Å². The van der Waals surface area contributed by atoms with Gasteiger partial charge in [0.05, 0.1) is 19.8 Å². The van der Waals surface area contributed by atoms with E-state index >= 15 is 0 Å². The van der Waals surface area contributed by atoms with Crippen molar-refractivity contribution in [3.63, 3.8) is 0 Å². The lowest BCUT2D eigenvalue weighted by molar-refractivity contribution is 0.0983. The van der Waals surface area contributed by atoms with Crippen LogP contribution in [0.1, 0.15) is 23.7 Å². The molecular weight excluding hydrogens is 199 g/mol. The number of ether oxygens (including phenoxy) is 2. The smallest absolute Gasteiger partial charge is 0.197 e. The van der Waals surface area contributed by atoms with Gasteiger partial charge in [-0.1, -0.05) is 6.92 Å². The van der Waals surface area contributed by atoms with Gasteiger partial charge >= 0.3 is 0 Å². The molecule has 0 aliphatic heterocycles. The molecule has 0 atom stereocenters. The number of carbonyl (C=O) groups excluding carboxylic acids is 1. The van der Waals surface area contributed by atoms with E-state index in [-0.39, 0.29) is 29.3 Å². The lowest BCUT2D eigenvalue weighted by Crippen LogP contribution is -2.03. The van der Waals surface area contributed by atoms with Crippen LogP contribution in [0.25, 0.3) is 0 Å². The van der Waals surface area contributed by atoms with Gasteiger partial charge in [0.1, 0.15) is 0 Å². The Morgan fingerprint density at radius 1 is 1.33 bits per heavy atom. The Bertz CT molecular complexity index is 374. The number of carbonyl (C=O) groups is 1. The Kier molecular flexibility index (Phi) is 3.66. The van der Waals surface area contributed by atoms with Crippen molar-refractivity contribution in [3.8, 4) is 11.5 Å². The zero-order valence-electron chi connectivity index (χ0n) is 8.96. The normalized spacial score (nSPS) is 9.87. The first kappa shape index (κ1) is 11.5. The zero-order chi connectivity index (χ0) is 11.4. The summed E-state index contributed by atoms with van der Waals surface area (Å²) in [5, 5.41) is 0. The van der Waals surface area contributed by atoms with Crippen molar-refractivity contribution >= 4 is 5.78 Å². The monoisotopic (exact) mass is 212 g/mol. The fourth-order valence-corrected chi connectivity index (χ4v) is 1.30. The molecule has 1 aromatic carbocycles. The van der Waals surface area contributed by atoms with Crippen molar-refractivity contribution in [2.45, 2.75) is 13.3 Å². The lowest BCUT2D eigenvalue weighted by Gasteiger charge is -2.10. The van der Waals surface area contributed by atoms with E-state index in [0.29, 0.717) is 0 Å². The van der Waals surface area contributed by atoms with Crippen LogP contribution in [0.5, 0.6) is 11.5 Å². The summed E-state index contributed by atoms with van der Waals surface area (Å²) in [5.74, 6) is -0.670. The third kappa shape index (κ3) is 2.09. The number of benzene rings is 1. The second-order valence-electron chi connectivity index (χ2n) is 2.94. The molecule has 4 heteroatoms. The summed E-state index contributed by atoms with van der Waals surface area (Å²) in [7, 11) is 2.75. The van der Waals surface area contributed by atoms with Crippen LogP contribution in [-0.4, -0.2) is 20.0 Å². The summed E-state index contributed by atoms with van der Waals surface area (Å²) >= 11 is 0. The predicted octanol–water partition coefficient (Wildman–Crippen LogP) is 2.44. The van der Waals surface area contributed by atoms with E-state index < -0.39 is 5.82 Å². The van der Waals surface area contributed by atoms with E-state index in [1.165, 1.54) is 26.4 Å². The van der Waals surface area contributed by atoms with Crippen molar-refractivity contribution in [2.75, 3.05) is 14.2 Å². The first-order valence-electron chi connectivity index (χ1n) is 4.59. The quantitative estimate of drug-likeness (QED) is 0.719. The van der Waals surface area contributed by atoms with E-state index in [9.17, 15) is 9.18 Å². The Hall–Kier alpha value is -1.58. The van der Waals surface area contributed by atoms with Gasteiger partial charge in [0.15, 0.2) is 23.1 Å². The van der Waals surface area contributed by atoms with Crippen LogP contribution in [-0.2, 0) is 0 Å². The highest BCUT2D eigenvalue weighted by molar-refractivity contribution is 5.96. The van der Waals surface area contributed by atoms with Gasteiger partial charge in [-0.3, -0.25) is 4.79 Å². The number of methoxy groups -OCH3 is 2. The molecule has 0 aliphatic rings. The Labute approximate surface area is 87.8 Å². The third-order valence-electron chi connectivity index (χ3n) is 2.11. The molecule has 82 valence electrons. The second-order valence-corrected chi connectivity index (χ2v) is 2.94. The van der Waals surface area contributed by atoms with Crippen molar-refractivity contribution in [3.05, 3.63) is 23.5 Å². The van der Waals surface area contributed by atoms with Crippen molar-refractivity contribution in [1.82, 2.24) is 0 Å². The molecule has 0 spiro atoms. The maximum absolute atomic E-state index is 13.7. The third-order valence-corrected chi connectivity index (χ3v) is 2.11. The lowest BCUT2D eigenvalue weighted by atomic mass is 10.1. The van der Waals surface area contributed by atoms with E-state index in [2.05, 4.69) is 0 Å². The Morgan fingerprint density at radius 2 is 2.00 bits per heavy atom. The van der Waals surface area contributed by atoms with Crippen molar-refractivity contribution in [2.24, 2.45) is 0 Å². The SMILES string of the molecule is CCC(=O)c1ccc(OC)c(OC)c1F. The Balaban J connectivity index is 3.29. The van der Waals surface area contributed by atoms with E-state index in [1.54, 1.807) is 6.92 Å². The van der Waals surface area contributed by atoms with Crippen LogP contribution in [0.2, 0.25) is 0 Å². The number of Topliss-reactive ketones (excluding diaryl/α,β-unsaturated/α-hetero) is 1. The van der Waals surface area contributed by atoms with Crippen LogP contribution in [0.15, 0.2) is 12.1 Å². The summed E-state index contributed by atoms with van der Waals surface area (Å²) in [4.78, 5) is 11.4. The molecule has 0 N–H and O–H groups in total. The largest absolute Gasteiger partial charge is 0.493 e. The molecule has 0 bridgehead atoms. The van der Waals surface area contributed by atoms with Gasteiger partial charge in [0.25, 0.3) is 0 Å². The second kappa shape index (κ2) is 4.77. The molecule has 0 fully saturated rings.